The third-order valence-corrected chi connectivity index (χ3v) is 5.07. The van der Waals surface area contributed by atoms with Crippen molar-refractivity contribution in [1.29, 1.82) is 0 Å². The molecule has 0 aromatic rings. The molecule has 0 heterocycles. The highest BCUT2D eigenvalue weighted by molar-refractivity contribution is 7.89. The Bertz CT molecular complexity index is 346. The van der Waals surface area contributed by atoms with Crippen molar-refractivity contribution in [2.75, 3.05) is 12.3 Å². The lowest BCUT2D eigenvalue weighted by atomic mass is 10.0. The monoisotopic (exact) mass is 276 g/mol. The highest BCUT2D eigenvalue weighted by Crippen LogP contribution is 2.39. The van der Waals surface area contributed by atoms with Gasteiger partial charge in [0.2, 0.25) is 10.0 Å². The van der Waals surface area contributed by atoms with Crippen LogP contribution in [0.2, 0.25) is 0 Å². The van der Waals surface area contributed by atoms with Crippen LogP contribution in [0.25, 0.3) is 0 Å². The number of unbranched alkanes of at least 4 members (excludes halogenated alkanes) is 1. The third-order valence-electron chi connectivity index (χ3n) is 3.41. The molecule has 0 aromatic carbocycles. The lowest BCUT2D eigenvalue weighted by molar-refractivity contribution is 0.400. The van der Waals surface area contributed by atoms with Crippen LogP contribution in [0, 0.1) is 5.92 Å². The van der Waals surface area contributed by atoms with E-state index in [4.69, 9.17) is 0 Å². The summed E-state index contributed by atoms with van der Waals surface area (Å²) in [6, 6.07) is 0.466. The summed E-state index contributed by atoms with van der Waals surface area (Å²) in [5, 5.41) is 3.29. The van der Waals surface area contributed by atoms with Gasteiger partial charge in [-0.15, -0.1) is 0 Å². The van der Waals surface area contributed by atoms with E-state index in [2.05, 4.69) is 23.9 Å². The van der Waals surface area contributed by atoms with E-state index < -0.39 is 10.0 Å². The summed E-state index contributed by atoms with van der Waals surface area (Å²) in [4.78, 5) is 0. The van der Waals surface area contributed by atoms with Crippen molar-refractivity contribution in [3.63, 3.8) is 0 Å². The maximum atomic E-state index is 11.9. The number of sulfonamides is 1. The lowest BCUT2D eigenvalue weighted by Crippen LogP contribution is -2.46. The van der Waals surface area contributed by atoms with E-state index in [1.165, 1.54) is 0 Å². The molecule has 1 saturated carbocycles. The molecular weight excluding hydrogens is 248 g/mol. The highest BCUT2D eigenvalue weighted by Gasteiger charge is 2.40. The number of hydrogen-bond donors (Lipinski definition) is 2. The Balaban J connectivity index is 2.23. The molecule has 0 bridgehead atoms. The van der Waals surface area contributed by atoms with E-state index in [1.54, 1.807) is 0 Å². The standard InChI is InChI=1S/C13H28N2O2S/c1-11(2)14-9-5-6-10-18(16,17)15-13(3,4)12-7-8-12/h11-12,14-15H,5-10H2,1-4H3. The predicted octanol–water partition coefficient (Wildman–Crippen LogP) is 1.87. The van der Waals surface area contributed by atoms with Crippen LogP contribution in [0.4, 0.5) is 0 Å². The summed E-state index contributed by atoms with van der Waals surface area (Å²) >= 11 is 0. The highest BCUT2D eigenvalue weighted by atomic mass is 32.2. The summed E-state index contributed by atoms with van der Waals surface area (Å²) < 4.78 is 26.7. The first-order valence-corrected chi connectivity index (χ1v) is 8.63. The summed E-state index contributed by atoms with van der Waals surface area (Å²) in [5.41, 5.74) is -0.269. The van der Waals surface area contributed by atoms with Gasteiger partial charge in [0.15, 0.2) is 0 Å². The molecule has 0 unspecified atom stereocenters. The number of hydrogen-bond acceptors (Lipinski definition) is 3. The molecule has 1 fully saturated rings. The predicted molar refractivity (Wildman–Crippen MR) is 76.1 cm³/mol. The van der Waals surface area contributed by atoms with Crippen molar-refractivity contribution < 1.29 is 8.42 Å². The van der Waals surface area contributed by atoms with Crippen molar-refractivity contribution >= 4 is 10.0 Å². The minimum atomic E-state index is -3.12. The molecule has 0 radical (unpaired) electrons. The van der Waals surface area contributed by atoms with Gasteiger partial charge < -0.3 is 5.32 Å². The smallest absolute Gasteiger partial charge is 0.212 e. The first-order chi connectivity index (χ1) is 8.23. The van der Waals surface area contributed by atoms with Gasteiger partial charge in [0.1, 0.15) is 0 Å². The Morgan fingerprint density at radius 1 is 1.22 bits per heavy atom. The fourth-order valence-electron chi connectivity index (χ4n) is 2.15. The Hall–Kier alpha value is -0.130. The second kappa shape index (κ2) is 6.35. The van der Waals surface area contributed by atoms with Crippen molar-refractivity contribution in [3.05, 3.63) is 0 Å². The second-order valence-corrected chi connectivity index (χ2v) is 8.07. The molecule has 18 heavy (non-hydrogen) atoms. The molecule has 2 N–H and O–H groups in total. The zero-order chi connectivity index (χ0) is 13.8. The molecule has 0 aromatic heterocycles. The average molecular weight is 276 g/mol. The fraction of sp³-hybridized carbons (Fsp3) is 1.00. The first-order valence-electron chi connectivity index (χ1n) is 6.98. The van der Waals surface area contributed by atoms with Crippen LogP contribution in [-0.4, -0.2) is 32.3 Å². The molecule has 1 aliphatic carbocycles. The number of rotatable bonds is 9. The van der Waals surface area contributed by atoms with Crippen molar-refractivity contribution in [2.24, 2.45) is 5.92 Å². The van der Waals surface area contributed by atoms with E-state index in [9.17, 15) is 8.42 Å². The van der Waals surface area contributed by atoms with E-state index in [0.717, 1.165) is 32.2 Å². The van der Waals surface area contributed by atoms with Crippen LogP contribution in [0.15, 0.2) is 0 Å². The van der Waals surface area contributed by atoms with Gasteiger partial charge in [0.05, 0.1) is 5.75 Å². The maximum absolute atomic E-state index is 11.9. The second-order valence-electron chi connectivity index (χ2n) is 6.23. The third kappa shape index (κ3) is 6.16. The fourth-order valence-corrected chi connectivity index (χ4v) is 3.80. The van der Waals surface area contributed by atoms with Gasteiger partial charge in [0.25, 0.3) is 0 Å². The van der Waals surface area contributed by atoms with Crippen molar-refractivity contribution in [1.82, 2.24) is 10.0 Å². The molecule has 0 aliphatic heterocycles. The summed E-state index contributed by atoms with van der Waals surface area (Å²) in [5.74, 6) is 0.762. The van der Waals surface area contributed by atoms with Crippen LogP contribution in [-0.2, 0) is 10.0 Å². The Labute approximate surface area is 112 Å². The molecule has 0 amide bonds. The molecule has 1 rings (SSSR count). The Kier molecular flexibility index (Phi) is 5.62. The van der Waals surface area contributed by atoms with Gasteiger partial charge in [-0.25, -0.2) is 13.1 Å². The zero-order valence-corrected chi connectivity index (χ0v) is 12.9. The Morgan fingerprint density at radius 2 is 1.83 bits per heavy atom. The van der Waals surface area contributed by atoms with Gasteiger partial charge in [-0.3, -0.25) is 0 Å². The Morgan fingerprint density at radius 3 is 2.33 bits per heavy atom. The molecule has 4 nitrogen and oxygen atoms in total. The van der Waals surface area contributed by atoms with Gasteiger partial charge >= 0.3 is 0 Å². The number of nitrogens with one attached hydrogen (secondary N) is 2. The molecule has 1 aliphatic rings. The van der Waals surface area contributed by atoms with Crippen LogP contribution in [0.5, 0.6) is 0 Å². The SMILES string of the molecule is CC(C)NCCCCS(=O)(=O)NC(C)(C)C1CC1. The van der Waals surface area contributed by atoms with Gasteiger partial charge in [-0.1, -0.05) is 13.8 Å². The summed E-state index contributed by atoms with van der Waals surface area (Å²) in [6.07, 6.45) is 3.92. The molecule has 0 atom stereocenters. The van der Waals surface area contributed by atoms with Gasteiger partial charge in [0, 0.05) is 11.6 Å². The van der Waals surface area contributed by atoms with Crippen LogP contribution >= 0.6 is 0 Å². The van der Waals surface area contributed by atoms with Crippen LogP contribution in [0.3, 0.4) is 0 Å². The molecule has 0 spiro atoms. The van der Waals surface area contributed by atoms with E-state index >= 15 is 0 Å². The largest absolute Gasteiger partial charge is 0.315 e. The minimum absolute atomic E-state index is 0.239. The quantitative estimate of drug-likeness (QED) is 0.632. The molecular formula is C13H28N2O2S. The molecule has 5 heteroatoms. The van der Waals surface area contributed by atoms with Crippen LogP contribution < -0.4 is 10.0 Å². The zero-order valence-electron chi connectivity index (χ0n) is 12.1. The van der Waals surface area contributed by atoms with E-state index in [-0.39, 0.29) is 11.3 Å². The van der Waals surface area contributed by atoms with Crippen molar-refractivity contribution in [3.8, 4) is 0 Å². The van der Waals surface area contributed by atoms with Crippen LogP contribution in [0.1, 0.15) is 53.4 Å². The van der Waals surface area contributed by atoms with Gasteiger partial charge in [-0.05, 0) is 52.0 Å². The first kappa shape index (κ1) is 15.9. The summed E-state index contributed by atoms with van der Waals surface area (Å²) in [7, 11) is -3.12. The van der Waals surface area contributed by atoms with Crippen molar-refractivity contribution in [2.45, 2.75) is 65.0 Å². The lowest BCUT2D eigenvalue weighted by Gasteiger charge is -2.25. The normalized spacial score (nSPS) is 17.4. The van der Waals surface area contributed by atoms with E-state index in [0.29, 0.717) is 12.0 Å². The minimum Gasteiger partial charge on any atom is -0.315 e. The van der Waals surface area contributed by atoms with E-state index in [1.807, 2.05) is 13.8 Å². The average Bonchev–Trinajstić information content (AvgIpc) is 2.97. The molecule has 108 valence electrons. The molecule has 0 saturated heterocycles. The van der Waals surface area contributed by atoms with Gasteiger partial charge in [-0.2, -0.15) is 0 Å². The maximum Gasteiger partial charge on any atom is 0.212 e. The summed E-state index contributed by atoms with van der Waals surface area (Å²) in [6.45, 7) is 9.05. The topological polar surface area (TPSA) is 58.2 Å².